The van der Waals surface area contributed by atoms with E-state index in [1.165, 1.54) is 18.2 Å². The predicted octanol–water partition coefficient (Wildman–Crippen LogP) is 2.52. The van der Waals surface area contributed by atoms with Gasteiger partial charge in [-0.05, 0) is 25.0 Å². The zero-order valence-corrected chi connectivity index (χ0v) is 11.3. The van der Waals surface area contributed by atoms with E-state index in [1.54, 1.807) is 29.0 Å². The molecule has 108 valence electrons. The minimum Gasteiger partial charge on any atom is -0.493 e. The summed E-state index contributed by atoms with van der Waals surface area (Å²) in [6.45, 7) is 0.545. The van der Waals surface area contributed by atoms with Crippen LogP contribution < -0.4 is 10.3 Å². The molecule has 0 aliphatic carbocycles. The summed E-state index contributed by atoms with van der Waals surface area (Å²) in [5, 5.41) is 11.0. The van der Waals surface area contributed by atoms with E-state index in [-0.39, 0.29) is 17.3 Å². The van der Waals surface area contributed by atoms with Gasteiger partial charge in [-0.3, -0.25) is 14.9 Å². The van der Waals surface area contributed by atoms with Gasteiger partial charge < -0.3 is 9.30 Å². The number of rotatable bonds is 2. The Kier molecular flexibility index (Phi) is 3.43. The summed E-state index contributed by atoms with van der Waals surface area (Å²) < 4.78 is 7.25. The summed E-state index contributed by atoms with van der Waals surface area (Å²) in [4.78, 5) is 22.6. The number of pyridine rings is 1. The van der Waals surface area contributed by atoms with Crippen molar-refractivity contribution in [2.45, 2.75) is 18.9 Å². The van der Waals surface area contributed by atoms with Crippen molar-refractivity contribution in [3.63, 3.8) is 0 Å². The number of ether oxygens (including phenoxy) is 1. The molecule has 21 heavy (non-hydrogen) atoms. The Morgan fingerprint density at radius 1 is 1.29 bits per heavy atom. The molecule has 2 aromatic rings. The third-order valence-electron chi connectivity index (χ3n) is 3.63. The third kappa shape index (κ3) is 2.52. The molecular formula is C15H14N2O4. The van der Waals surface area contributed by atoms with Crippen LogP contribution in [0.15, 0.2) is 47.4 Å². The number of fused-ring (bicyclic) bond motifs is 1. The highest BCUT2D eigenvalue weighted by Gasteiger charge is 2.24. The summed E-state index contributed by atoms with van der Waals surface area (Å²) >= 11 is 0. The summed E-state index contributed by atoms with van der Waals surface area (Å²) in [6, 6.07) is 9.25. The van der Waals surface area contributed by atoms with E-state index < -0.39 is 4.92 Å². The summed E-state index contributed by atoms with van der Waals surface area (Å²) in [5.74, 6) is 0.610. The number of hydrogen-bond donors (Lipinski definition) is 0. The van der Waals surface area contributed by atoms with Crippen LogP contribution in [0.25, 0.3) is 0 Å². The number of nitrogens with zero attached hydrogens (tertiary/aromatic N) is 2. The molecule has 0 fully saturated rings. The van der Waals surface area contributed by atoms with Crippen molar-refractivity contribution >= 4 is 5.69 Å². The highest BCUT2D eigenvalue weighted by Crippen LogP contribution is 2.35. The van der Waals surface area contributed by atoms with Gasteiger partial charge in [-0.15, -0.1) is 0 Å². The average molecular weight is 286 g/mol. The average Bonchev–Trinajstić information content (AvgIpc) is 2.69. The van der Waals surface area contributed by atoms with Gasteiger partial charge in [0.1, 0.15) is 5.75 Å². The second-order valence-corrected chi connectivity index (χ2v) is 4.93. The largest absolute Gasteiger partial charge is 0.493 e. The molecule has 0 saturated carbocycles. The zero-order valence-electron chi connectivity index (χ0n) is 11.3. The first-order valence-corrected chi connectivity index (χ1v) is 6.75. The van der Waals surface area contributed by atoms with Crippen molar-refractivity contribution in [3.8, 4) is 5.75 Å². The molecule has 6 heteroatoms. The molecule has 1 aromatic carbocycles. The van der Waals surface area contributed by atoms with Gasteiger partial charge in [0, 0.05) is 30.0 Å². The van der Waals surface area contributed by atoms with Crippen molar-refractivity contribution in [1.82, 2.24) is 4.57 Å². The van der Waals surface area contributed by atoms with Crippen molar-refractivity contribution in [1.29, 1.82) is 0 Å². The predicted molar refractivity (Wildman–Crippen MR) is 76.7 cm³/mol. The van der Waals surface area contributed by atoms with Gasteiger partial charge in [0.15, 0.2) is 0 Å². The highest BCUT2D eigenvalue weighted by molar-refractivity contribution is 5.46. The monoisotopic (exact) mass is 286 g/mol. The van der Waals surface area contributed by atoms with E-state index in [2.05, 4.69) is 0 Å². The second-order valence-electron chi connectivity index (χ2n) is 4.93. The third-order valence-corrected chi connectivity index (χ3v) is 3.63. The van der Waals surface area contributed by atoms with Crippen LogP contribution in [0.4, 0.5) is 5.69 Å². The summed E-state index contributed by atoms with van der Waals surface area (Å²) in [6.07, 6.45) is 3.20. The maximum absolute atomic E-state index is 12.0. The van der Waals surface area contributed by atoms with Crippen LogP contribution in [0.3, 0.4) is 0 Å². The number of aromatic nitrogens is 1. The lowest BCUT2D eigenvalue weighted by molar-refractivity contribution is -0.385. The maximum atomic E-state index is 12.0. The van der Waals surface area contributed by atoms with Crippen LogP contribution in [0, 0.1) is 10.1 Å². The smallest absolute Gasteiger partial charge is 0.270 e. The van der Waals surface area contributed by atoms with Crippen LogP contribution in [0.2, 0.25) is 0 Å². The number of benzene rings is 1. The molecular weight excluding hydrogens is 272 g/mol. The molecule has 2 heterocycles. The number of nitro groups is 1. The lowest BCUT2D eigenvalue weighted by Gasteiger charge is -2.19. The lowest BCUT2D eigenvalue weighted by atomic mass is 10.0. The van der Waals surface area contributed by atoms with Gasteiger partial charge in [0.05, 0.1) is 17.6 Å². The molecule has 0 N–H and O–H groups in total. The Bertz CT molecular complexity index is 738. The second kappa shape index (κ2) is 5.40. The number of non-ortho nitro benzene ring substituents is 1. The first kappa shape index (κ1) is 13.4. The Hall–Kier alpha value is -2.63. The zero-order chi connectivity index (χ0) is 14.8. The molecule has 0 radical (unpaired) electrons. The van der Waals surface area contributed by atoms with E-state index in [0.717, 1.165) is 6.42 Å². The molecule has 6 nitrogen and oxygen atoms in total. The number of nitro benzene ring substituents is 1. The van der Waals surface area contributed by atoms with E-state index in [0.29, 0.717) is 24.3 Å². The standard InChI is InChI=1S/C15H14N2O4/c18-15-5-1-2-8-16(15)13-4-3-9-21-14-7-6-11(17(19)20)10-12(13)14/h1-2,5-8,10,13H,3-4,9H2. The highest BCUT2D eigenvalue weighted by atomic mass is 16.6. The van der Waals surface area contributed by atoms with Crippen molar-refractivity contribution in [2.24, 2.45) is 0 Å². The molecule has 0 bridgehead atoms. The fraction of sp³-hybridized carbons (Fsp3) is 0.267. The molecule has 1 unspecified atom stereocenters. The molecule has 3 rings (SSSR count). The van der Waals surface area contributed by atoms with Gasteiger partial charge in [0.2, 0.25) is 0 Å². The SMILES string of the molecule is O=c1ccccn1C1CCCOc2ccc([N+](=O)[O-])cc21. The summed E-state index contributed by atoms with van der Waals surface area (Å²) in [7, 11) is 0. The number of hydrogen-bond acceptors (Lipinski definition) is 4. The van der Waals surface area contributed by atoms with Gasteiger partial charge in [0.25, 0.3) is 11.2 Å². The van der Waals surface area contributed by atoms with E-state index in [4.69, 9.17) is 4.74 Å². The fourth-order valence-electron chi connectivity index (χ4n) is 2.64. The Balaban J connectivity index is 2.16. The molecule has 1 aromatic heterocycles. The van der Waals surface area contributed by atoms with Crippen LogP contribution in [-0.2, 0) is 0 Å². The van der Waals surface area contributed by atoms with E-state index >= 15 is 0 Å². The van der Waals surface area contributed by atoms with Crippen molar-refractivity contribution < 1.29 is 9.66 Å². The van der Waals surface area contributed by atoms with Gasteiger partial charge in [-0.25, -0.2) is 0 Å². The minimum absolute atomic E-state index is 0.00762. The molecule has 0 saturated heterocycles. The molecule has 0 spiro atoms. The molecule has 1 aliphatic rings. The normalized spacial score (nSPS) is 17.4. The van der Waals surface area contributed by atoms with Crippen molar-refractivity contribution in [3.05, 3.63) is 68.6 Å². The maximum Gasteiger partial charge on any atom is 0.270 e. The molecule has 0 amide bonds. The summed E-state index contributed by atoms with van der Waals surface area (Å²) in [5.41, 5.74) is 0.574. The van der Waals surface area contributed by atoms with E-state index in [9.17, 15) is 14.9 Å². The first-order valence-electron chi connectivity index (χ1n) is 6.75. The first-order chi connectivity index (χ1) is 10.2. The Morgan fingerprint density at radius 3 is 2.90 bits per heavy atom. The minimum atomic E-state index is -0.435. The topological polar surface area (TPSA) is 74.4 Å². The molecule has 1 atom stereocenters. The Labute approximate surface area is 120 Å². The molecule has 1 aliphatic heterocycles. The van der Waals surface area contributed by atoms with Gasteiger partial charge in [-0.2, -0.15) is 0 Å². The van der Waals surface area contributed by atoms with Crippen LogP contribution in [0.1, 0.15) is 24.4 Å². The Morgan fingerprint density at radius 2 is 2.14 bits per heavy atom. The van der Waals surface area contributed by atoms with Gasteiger partial charge >= 0.3 is 0 Å². The van der Waals surface area contributed by atoms with Gasteiger partial charge in [-0.1, -0.05) is 6.07 Å². The van der Waals surface area contributed by atoms with Crippen LogP contribution in [-0.4, -0.2) is 16.1 Å². The van der Waals surface area contributed by atoms with E-state index in [1.807, 2.05) is 0 Å². The van der Waals surface area contributed by atoms with Crippen LogP contribution >= 0.6 is 0 Å². The quantitative estimate of drug-likeness (QED) is 0.628. The lowest BCUT2D eigenvalue weighted by Crippen LogP contribution is -2.23. The van der Waals surface area contributed by atoms with Crippen molar-refractivity contribution in [2.75, 3.05) is 6.61 Å². The fourth-order valence-corrected chi connectivity index (χ4v) is 2.64. The van der Waals surface area contributed by atoms with Crippen LogP contribution in [0.5, 0.6) is 5.75 Å².